The number of phosphoric acid groups is 1. The molecule has 0 saturated heterocycles. The zero-order valence-corrected chi connectivity index (χ0v) is 19.2. The van der Waals surface area contributed by atoms with Gasteiger partial charge in [-0.2, -0.15) is 0 Å². The van der Waals surface area contributed by atoms with Crippen LogP contribution < -0.4 is 5.73 Å². The van der Waals surface area contributed by atoms with E-state index in [1.165, 1.54) is 77.0 Å². The number of hydrogen-bond donors (Lipinski definition) is 2. The van der Waals surface area contributed by atoms with Crippen LogP contribution in [0.5, 0.6) is 0 Å². The molecule has 1 unspecified atom stereocenters. The molecule has 29 heavy (non-hydrogen) atoms. The van der Waals surface area contributed by atoms with Crippen LogP contribution >= 0.6 is 7.82 Å². The minimum atomic E-state index is -4.07. The molecular weight excluding hydrogens is 393 g/mol. The number of ether oxygens (including phenoxy) is 1. The molecule has 0 fully saturated rings. The maximum Gasteiger partial charge on any atom is 0.472 e. The molecule has 173 valence electrons. The average molecular weight is 437 g/mol. The fourth-order valence-electron chi connectivity index (χ4n) is 2.91. The van der Waals surface area contributed by atoms with Crippen LogP contribution in [0.15, 0.2) is 0 Å². The van der Waals surface area contributed by atoms with E-state index >= 15 is 0 Å². The summed E-state index contributed by atoms with van der Waals surface area (Å²) in [6.07, 6.45) is 18.3. The van der Waals surface area contributed by atoms with E-state index in [-0.39, 0.29) is 32.3 Å². The van der Waals surface area contributed by atoms with Gasteiger partial charge in [-0.25, -0.2) is 4.57 Å². The molecule has 3 N–H and O–H groups in total. The van der Waals surface area contributed by atoms with E-state index < -0.39 is 7.82 Å². The fourth-order valence-corrected chi connectivity index (χ4v) is 3.62. The molecule has 7 nitrogen and oxygen atoms in total. The number of esters is 1. The Kier molecular flexibility index (Phi) is 20.5. The van der Waals surface area contributed by atoms with Gasteiger partial charge in [0.15, 0.2) is 0 Å². The zero-order valence-electron chi connectivity index (χ0n) is 18.3. The maximum absolute atomic E-state index is 11.6. The second-order valence-electron chi connectivity index (χ2n) is 7.35. The van der Waals surface area contributed by atoms with Gasteiger partial charge in [0.2, 0.25) is 0 Å². The molecule has 0 bridgehead atoms. The lowest BCUT2D eigenvalue weighted by Crippen LogP contribution is -2.10. The molecule has 0 aromatic heterocycles. The van der Waals surface area contributed by atoms with Crippen LogP contribution in [-0.4, -0.2) is 37.2 Å². The summed E-state index contributed by atoms with van der Waals surface area (Å²) in [6.45, 7) is 2.24. The third-order valence-corrected chi connectivity index (χ3v) is 5.56. The Morgan fingerprint density at radius 2 is 1.38 bits per heavy atom. The van der Waals surface area contributed by atoms with Gasteiger partial charge in [-0.3, -0.25) is 13.8 Å². The van der Waals surface area contributed by atoms with Gasteiger partial charge in [0, 0.05) is 19.4 Å². The lowest BCUT2D eigenvalue weighted by Gasteiger charge is -2.11. The monoisotopic (exact) mass is 436 g/mol. The summed E-state index contributed by atoms with van der Waals surface area (Å²) in [5.74, 6) is -0.254. The number of hydrogen-bond acceptors (Lipinski definition) is 6. The van der Waals surface area contributed by atoms with Crippen LogP contribution in [0.25, 0.3) is 0 Å². The first kappa shape index (κ1) is 28.5. The molecule has 0 aliphatic carbocycles. The van der Waals surface area contributed by atoms with Crippen molar-refractivity contribution in [2.24, 2.45) is 5.73 Å². The first-order valence-electron chi connectivity index (χ1n) is 11.3. The largest absolute Gasteiger partial charge is 0.472 e. The van der Waals surface area contributed by atoms with Gasteiger partial charge in [-0.05, 0) is 6.42 Å². The first-order chi connectivity index (χ1) is 14.0. The lowest BCUT2D eigenvalue weighted by atomic mass is 10.0. The predicted octanol–water partition coefficient (Wildman–Crippen LogP) is 5.31. The third-order valence-electron chi connectivity index (χ3n) is 4.57. The van der Waals surface area contributed by atoms with Gasteiger partial charge in [0.05, 0.1) is 19.8 Å². The number of unbranched alkanes of at least 4 members (excludes halogenated alkanes) is 12. The van der Waals surface area contributed by atoms with Crippen LogP contribution in [-0.2, 0) is 23.1 Å². The molecule has 1 atom stereocenters. The fraction of sp³-hybridized carbons (Fsp3) is 0.905. The van der Waals surface area contributed by atoms with Crippen molar-refractivity contribution in [1.82, 2.24) is 0 Å². The zero-order chi connectivity index (χ0) is 21.6. The van der Waals surface area contributed by atoms with Crippen molar-refractivity contribution >= 4 is 13.8 Å². The van der Waals surface area contributed by atoms with Gasteiger partial charge in [-0.1, -0.05) is 84.0 Å². The van der Waals surface area contributed by atoms with Crippen LogP contribution in [0.2, 0.25) is 0 Å². The van der Waals surface area contributed by atoms with Crippen molar-refractivity contribution < 1.29 is 28.0 Å². The third kappa shape index (κ3) is 22.1. The van der Waals surface area contributed by atoms with Crippen LogP contribution in [0.3, 0.4) is 0 Å². The van der Waals surface area contributed by atoms with Gasteiger partial charge in [-0.15, -0.1) is 0 Å². The highest BCUT2D eigenvalue weighted by atomic mass is 31.2. The van der Waals surface area contributed by atoms with Crippen LogP contribution in [0, 0.1) is 6.42 Å². The van der Waals surface area contributed by atoms with E-state index in [4.69, 9.17) is 10.5 Å². The Morgan fingerprint density at radius 3 is 1.90 bits per heavy atom. The number of carbonyl (C=O) groups is 1. The van der Waals surface area contributed by atoms with E-state index in [0.29, 0.717) is 6.42 Å². The van der Waals surface area contributed by atoms with E-state index in [2.05, 4.69) is 16.0 Å². The maximum atomic E-state index is 11.6. The second kappa shape index (κ2) is 20.8. The van der Waals surface area contributed by atoms with Gasteiger partial charge in [0.1, 0.15) is 0 Å². The first-order valence-corrected chi connectivity index (χ1v) is 12.8. The summed E-state index contributed by atoms with van der Waals surface area (Å²) in [5.41, 5.74) is 5.18. The van der Waals surface area contributed by atoms with Gasteiger partial charge in [0.25, 0.3) is 0 Å². The Morgan fingerprint density at radius 1 is 0.862 bits per heavy atom. The molecule has 0 aliphatic heterocycles. The van der Waals surface area contributed by atoms with Crippen molar-refractivity contribution in [3.05, 3.63) is 6.42 Å². The Labute approximate surface area is 177 Å². The SMILES string of the molecule is CCCCCCCCCCCCCCCC(=O)OC[CH]COP(=O)(O)OCCN. The number of phosphoric ester groups is 1. The van der Waals surface area contributed by atoms with Gasteiger partial charge < -0.3 is 15.4 Å². The molecule has 0 saturated carbocycles. The highest BCUT2D eigenvalue weighted by molar-refractivity contribution is 7.47. The summed E-state index contributed by atoms with van der Waals surface area (Å²) in [5, 5.41) is 0. The quantitative estimate of drug-likeness (QED) is 0.134. The standard InChI is InChI=1S/C21H43NO6P/c1-2-3-4-5-6-7-8-9-10-11-12-13-14-16-21(23)26-18-15-19-27-29(24,25)28-20-17-22/h15H,2-14,16-20,22H2,1H3,(H,24,25). The van der Waals surface area contributed by atoms with Gasteiger partial charge >= 0.3 is 13.8 Å². The second-order valence-corrected chi connectivity index (χ2v) is 8.80. The smallest absolute Gasteiger partial charge is 0.465 e. The van der Waals surface area contributed by atoms with Crippen molar-refractivity contribution in [3.8, 4) is 0 Å². The van der Waals surface area contributed by atoms with Crippen molar-refractivity contribution in [1.29, 1.82) is 0 Å². The summed E-state index contributed by atoms with van der Waals surface area (Å²) in [4.78, 5) is 20.9. The molecule has 8 heteroatoms. The summed E-state index contributed by atoms with van der Waals surface area (Å²) < 4.78 is 25.6. The van der Waals surface area contributed by atoms with Crippen molar-refractivity contribution in [3.63, 3.8) is 0 Å². The Hall–Kier alpha value is -0.460. The highest BCUT2D eigenvalue weighted by Gasteiger charge is 2.19. The molecule has 0 spiro atoms. The molecule has 0 aromatic rings. The number of rotatable bonds is 22. The van der Waals surface area contributed by atoms with Crippen LogP contribution in [0.1, 0.15) is 96.8 Å². The molecule has 0 aromatic carbocycles. The summed E-state index contributed by atoms with van der Waals surface area (Å²) in [7, 11) is -4.07. The molecule has 0 aliphatic rings. The normalized spacial score (nSPS) is 13.3. The summed E-state index contributed by atoms with van der Waals surface area (Å²) >= 11 is 0. The molecule has 0 amide bonds. The average Bonchev–Trinajstić information content (AvgIpc) is 2.69. The predicted molar refractivity (Wildman–Crippen MR) is 116 cm³/mol. The molecule has 0 rings (SSSR count). The molecular formula is C21H43NO6P. The number of carbonyl (C=O) groups excluding carboxylic acids is 1. The van der Waals surface area contributed by atoms with E-state index in [9.17, 15) is 14.3 Å². The topological polar surface area (TPSA) is 108 Å². The van der Waals surface area contributed by atoms with E-state index in [1.807, 2.05) is 0 Å². The molecule has 1 radical (unpaired) electrons. The Bertz CT molecular complexity index is 422. The number of nitrogens with two attached hydrogens (primary N) is 1. The minimum absolute atomic E-state index is 0.0498. The van der Waals surface area contributed by atoms with Crippen molar-refractivity contribution in [2.45, 2.75) is 96.8 Å². The van der Waals surface area contributed by atoms with Crippen molar-refractivity contribution in [2.75, 3.05) is 26.4 Å². The van der Waals surface area contributed by atoms with E-state index in [0.717, 1.165) is 12.8 Å². The Balaban J connectivity index is 3.31. The lowest BCUT2D eigenvalue weighted by molar-refractivity contribution is -0.143. The highest BCUT2D eigenvalue weighted by Crippen LogP contribution is 2.42. The van der Waals surface area contributed by atoms with E-state index in [1.54, 1.807) is 0 Å². The summed E-state index contributed by atoms with van der Waals surface area (Å²) in [6, 6.07) is 0. The molecule has 0 heterocycles. The van der Waals surface area contributed by atoms with Crippen LogP contribution in [0.4, 0.5) is 0 Å². The minimum Gasteiger partial charge on any atom is -0.465 e.